The van der Waals surface area contributed by atoms with Crippen molar-refractivity contribution in [2.45, 2.75) is 33.7 Å². The van der Waals surface area contributed by atoms with Crippen LogP contribution >= 0.6 is 0 Å². The molecule has 0 unspecified atom stereocenters. The van der Waals surface area contributed by atoms with E-state index in [-0.39, 0.29) is 17.5 Å². The molecular weight excluding hydrogens is 332 g/mol. The van der Waals surface area contributed by atoms with Gasteiger partial charge >= 0.3 is 5.97 Å². The number of carbonyl (C=O) groups excluding carboxylic acids is 1. The van der Waals surface area contributed by atoms with Gasteiger partial charge in [0.25, 0.3) is 5.91 Å². The molecule has 3 aromatic rings. The number of aromatic nitrogens is 3. The zero-order valence-electron chi connectivity index (χ0n) is 15.1. The number of carboxylic acid groups (broad SMARTS) is 1. The quantitative estimate of drug-likeness (QED) is 0.748. The van der Waals surface area contributed by atoms with Crippen molar-refractivity contribution in [2.75, 3.05) is 5.32 Å². The Kier molecular flexibility index (Phi) is 4.46. The highest BCUT2D eigenvalue weighted by atomic mass is 16.4. The lowest BCUT2D eigenvalue weighted by Crippen LogP contribution is -2.14. The highest BCUT2D eigenvalue weighted by molar-refractivity contribution is 6.12. The van der Waals surface area contributed by atoms with Crippen molar-refractivity contribution in [1.29, 1.82) is 0 Å². The molecule has 2 heterocycles. The lowest BCUT2D eigenvalue weighted by molar-refractivity contribution is 0.0696. The summed E-state index contributed by atoms with van der Waals surface area (Å²) in [4.78, 5) is 28.4. The molecule has 0 saturated carbocycles. The van der Waals surface area contributed by atoms with Gasteiger partial charge in [-0.25, -0.2) is 14.5 Å². The average molecular weight is 352 g/mol. The van der Waals surface area contributed by atoms with Crippen molar-refractivity contribution in [3.05, 3.63) is 52.8 Å². The molecule has 0 aliphatic carbocycles. The number of aryl methyl sites for hydroxylation is 2. The smallest absolute Gasteiger partial charge is 0.335 e. The first-order valence-corrected chi connectivity index (χ1v) is 8.28. The van der Waals surface area contributed by atoms with Gasteiger partial charge in [0.15, 0.2) is 5.65 Å². The summed E-state index contributed by atoms with van der Waals surface area (Å²) in [5, 5.41) is 17.0. The molecule has 7 nitrogen and oxygen atoms in total. The molecule has 0 aliphatic heterocycles. The Balaban J connectivity index is 1.98. The van der Waals surface area contributed by atoms with Crippen LogP contribution in [0.4, 0.5) is 5.69 Å². The van der Waals surface area contributed by atoms with Gasteiger partial charge in [-0.05, 0) is 57.5 Å². The second kappa shape index (κ2) is 6.59. The van der Waals surface area contributed by atoms with Gasteiger partial charge in [-0.2, -0.15) is 5.10 Å². The zero-order valence-corrected chi connectivity index (χ0v) is 15.1. The standard InChI is InChI=1S/C19H20N4O3/c1-10(2)23-17-16(9-20-23)15(8-12(4)21-17)18(24)22-13-5-6-14(19(25)26)11(3)7-13/h5-10H,1-4H3,(H,22,24)(H,25,26). The summed E-state index contributed by atoms with van der Waals surface area (Å²) in [5.41, 5.74) is 3.21. The number of benzene rings is 1. The molecule has 1 amide bonds. The highest BCUT2D eigenvalue weighted by Crippen LogP contribution is 2.23. The Morgan fingerprint density at radius 1 is 1.15 bits per heavy atom. The maximum atomic E-state index is 12.8. The van der Waals surface area contributed by atoms with Gasteiger partial charge in [0, 0.05) is 17.4 Å². The largest absolute Gasteiger partial charge is 0.478 e. The first-order valence-electron chi connectivity index (χ1n) is 8.28. The Hall–Kier alpha value is -3.22. The van der Waals surface area contributed by atoms with Crippen LogP contribution in [-0.4, -0.2) is 31.7 Å². The van der Waals surface area contributed by atoms with E-state index < -0.39 is 5.97 Å². The van der Waals surface area contributed by atoms with Gasteiger partial charge in [-0.3, -0.25) is 4.79 Å². The number of hydrogen-bond acceptors (Lipinski definition) is 4. The van der Waals surface area contributed by atoms with Gasteiger partial charge in [-0.15, -0.1) is 0 Å². The number of pyridine rings is 1. The van der Waals surface area contributed by atoms with Crippen molar-refractivity contribution < 1.29 is 14.7 Å². The van der Waals surface area contributed by atoms with Crippen LogP contribution in [0.2, 0.25) is 0 Å². The minimum absolute atomic E-state index is 0.129. The molecule has 1 aromatic carbocycles. The molecule has 2 N–H and O–H groups in total. The first-order chi connectivity index (χ1) is 12.3. The molecule has 26 heavy (non-hydrogen) atoms. The minimum Gasteiger partial charge on any atom is -0.478 e. The van der Waals surface area contributed by atoms with Gasteiger partial charge in [0.2, 0.25) is 0 Å². The number of amides is 1. The van der Waals surface area contributed by atoms with E-state index in [2.05, 4.69) is 15.4 Å². The lowest BCUT2D eigenvalue weighted by atomic mass is 10.1. The van der Waals surface area contributed by atoms with E-state index in [9.17, 15) is 9.59 Å². The summed E-state index contributed by atoms with van der Waals surface area (Å²) < 4.78 is 1.78. The molecule has 0 saturated heterocycles. The Morgan fingerprint density at radius 3 is 2.50 bits per heavy atom. The SMILES string of the molecule is Cc1cc(C(=O)Nc2ccc(C(=O)O)c(C)c2)c2cnn(C(C)C)c2n1. The summed E-state index contributed by atoms with van der Waals surface area (Å²) in [7, 11) is 0. The summed E-state index contributed by atoms with van der Waals surface area (Å²) in [6, 6.07) is 6.56. The number of anilines is 1. The van der Waals surface area contributed by atoms with E-state index in [4.69, 9.17) is 5.11 Å². The van der Waals surface area contributed by atoms with Crippen LogP contribution in [0.25, 0.3) is 11.0 Å². The lowest BCUT2D eigenvalue weighted by Gasteiger charge is -2.10. The van der Waals surface area contributed by atoms with Crippen LogP contribution < -0.4 is 5.32 Å². The van der Waals surface area contributed by atoms with Gasteiger partial charge in [-0.1, -0.05) is 0 Å². The topological polar surface area (TPSA) is 97.1 Å². The van der Waals surface area contributed by atoms with Crippen molar-refractivity contribution >= 4 is 28.6 Å². The number of nitrogens with zero attached hydrogens (tertiary/aromatic N) is 3. The number of carbonyl (C=O) groups is 2. The molecule has 0 radical (unpaired) electrons. The number of carboxylic acids is 1. The zero-order chi connectivity index (χ0) is 19.0. The average Bonchev–Trinajstić information content (AvgIpc) is 2.97. The first kappa shape index (κ1) is 17.6. The number of aromatic carboxylic acids is 1. The van der Waals surface area contributed by atoms with Crippen molar-refractivity contribution in [2.24, 2.45) is 0 Å². The fourth-order valence-electron chi connectivity index (χ4n) is 2.89. The summed E-state index contributed by atoms with van der Waals surface area (Å²) in [6.07, 6.45) is 1.65. The van der Waals surface area contributed by atoms with Crippen molar-refractivity contribution in [3.63, 3.8) is 0 Å². The van der Waals surface area contributed by atoms with Crippen LogP contribution in [0.1, 0.15) is 51.9 Å². The summed E-state index contributed by atoms with van der Waals surface area (Å²) in [5.74, 6) is -1.28. The molecule has 0 bridgehead atoms. The third-order valence-corrected chi connectivity index (χ3v) is 4.14. The number of nitrogens with one attached hydrogen (secondary N) is 1. The van der Waals surface area contributed by atoms with Crippen LogP contribution in [0, 0.1) is 13.8 Å². The number of rotatable bonds is 4. The Bertz CT molecular complexity index is 1020. The van der Waals surface area contributed by atoms with E-state index in [0.29, 0.717) is 27.8 Å². The maximum absolute atomic E-state index is 12.8. The van der Waals surface area contributed by atoms with E-state index >= 15 is 0 Å². The normalized spacial score (nSPS) is 11.1. The molecular formula is C19H20N4O3. The van der Waals surface area contributed by atoms with Crippen molar-refractivity contribution in [3.8, 4) is 0 Å². The fourth-order valence-corrected chi connectivity index (χ4v) is 2.89. The molecule has 0 aliphatic rings. The fraction of sp³-hybridized carbons (Fsp3) is 0.263. The van der Waals surface area contributed by atoms with Crippen LogP contribution in [0.15, 0.2) is 30.5 Å². The predicted octanol–water partition coefficient (Wildman–Crippen LogP) is 3.58. The van der Waals surface area contributed by atoms with E-state index in [0.717, 1.165) is 5.69 Å². The number of fused-ring (bicyclic) bond motifs is 1. The highest BCUT2D eigenvalue weighted by Gasteiger charge is 2.17. The molecule has 0 fully saturated rings. The van der Waals surface area contributed by atoms with Gasteiger partial charge in [0.1, 0.15) is 0 Å². The van der Waals surface area contributed by atoms with Gasteiger partial charge in [0.05, 0.1) is 22.7 Å². The maximum Gasteiger partial charge on any atom is 0.335 e. The summed E-state index contributed by atoms with van der Waals surface area (Å²) >= 11 is 0. The Morgan fingerprint density at radius 2 is 1.88 bits per heavy atom. The minimum atomic E-state index is -0.993. The van der Waals surface area contributed by atoms with Crippen LogP contribution in [0.5, 0.6) is 0 Å². The molecule has 2 aromatic heterocycles. The Labute approximate surface area is 150 Å². The van der Waals surface area contributed by atoms with E-state index in [1.54, 1.807) is 36.0 Å². The van der Waals surface area contributed by atoms with Gasteiger partial charge < -0.3 is 10.4 Å². The number of hydrogen-bond donors (Lipinski definition) is 2. The molecule has 7 heteroatoms. The summed E-state index contributed by atoms with van der Waals surface area (Å²) in [6.45, 7) is 7.53. The van der Waals surface area contributed by atoms with Crippen LogP contribution in [-0.2, 0) is 0 Å². The molecule has 3 rings (SSSR count). The van der Waals surface area contributed by atoms with Crippen LogP contribution in [0.3, 0.4) is 0 Å². The molecule has 0 spiro atoms. The monoisotopic (exact) mass is 352 g/mol. The second-order valence-electron chi connectivity index (χ2n) is 6.52. The molecule has 0 atom stereocenters. The third-order valence-electron chi connectivity index (χ3n) is 4.14. The predicted molar refractivity (Wildman–Crippen MR) is 98.7 cm³/mol. The second-order valence-corrected chi connectivity index (χ2v) is 6.52. The molecule has 134 valence electrons. The van der Waals surface area contributed by atoms with E-state index in [1.165, 1.54) is 6.07 Å². The van der Waals surface area contributed by atoms with Crippen molar-refractivity contribution in [1.82, 2.24) is 14.8 Å². The third kappa shape index (κ3) is 3.15. The van der Waals surface area contributed by atoms with E-state index in [1.807, 2.05) is 20.8 Å².